The number of alkyl halides is 3. The lowest BCUT2D eigenvalue weighted by Gasteiger charge is -1.99. The van der Waals surface area contributed by atoms with Gasteiger partial charge in [-0.2, -0.15) is 18.3 Å². The second-order valence-corrected chi connectivity index (χ2v) is 2.42. The van der Waals surface area contributed by atoms with Gasteiger partial charge in [0.25, 0.3) is 0 Å². The van der Waals surface area contributed by atoms with Crippen molar-refractivity contribution < 1.29 is 17.9 Å². The van der Waals surface area contributed by atoms with Crippen molar-refractivity contribution in [1.82, 2.24) is 9.78 Å². The van der Waals surface area contributed by atoms with Gasteiger partial charge in [-0.3, -0.25) is 0 Å². The monoisotopic (exact) mass is 194 g/mol. The molecule has 0 aromatic carbocycles. The van der Waals surface area contributed by atoms with Gasteiger partial charge in [0.1, 0.15) is 0 Å². The third-order valence-corrected chi connectivity index (χ3v) is 1.42. The van der Waals surface area contributed by atoms with Gasteiger partial charge < -0.3 is 4.74 Å². The molecule has 0 unspecified atom stereocenters. The summed E-state index contributed by atoms with van der Waals surface area (Å²) in [6, 6.07) is 0.878. The molecule has 1 aromatic heterocycles. The Morgan fingerprint density at radius 2 is 2.15 bits per heavy atom. The highest BCUT2D eigenvalue weighted by Gasteiger charge is 2.34. The predicted molar refractivity (Wildman–Crippen MR) is 39.4 cm³/mol. The number of halogens is 3. The Balaban J connectivity index is 2.95. The second-order valence-electron chi connectivity index (χ2n) is 2.42. The fourth-order valence-corrected chi connectivity index (χ4v) is 0.872. The van der Waals surface area contributed by atoms with Gasteiger partial charge in [-0.1, -0.05) is 0 Å². The van der Waals surface area contributed by atoms with Crippen molar-refractivity contribution in [3.63, 3.8) is 0 Å². The quantitative estimate of drug-likeness (QED) is 0.718. The fourth-order valence-electron chi connectivity index (χ4n) is 0.872. The van der Waals surface area contributed by atoms with Crippen LogP contribution in [0.15, 0.2) is 6.07 Å². The zero-order valence-corrected chi connectivity index (χ0v) is 7.22. The van der Waals surface area contributed by atoms with Crippen LogP contribution in [-0.4, -0.2) is 16.4 Å². The molecule has 1 aromatic rings. The van der Waals surface area contributed by atoms with Crippen molar-refractivity contribution in [2.45, 2.75) is 13.1 Å². The SMILES string of the molecule is CCOc1cc(C(F)(F)F)nn1C. The molecule has 0 fully saturated rings. The van der Waals surface area contributed by atoms with Gasteiger partial charge in [0, 0.05) is 13.1 Å². The van der Waals surface area contributed by atoms with E-state index in [1.165, 1.54) is 7.05 Å². The number of rotatable bonds is 2. The molecule has 1 heterocycles. The molecule has 6 heteroatoms. The Hall–Kier alpha value is -1.20. The van der Waals surface area contributed by atoms with Crippen molar-refractivity contribution in [3.05, 3.63) is 11.8 Å². The largest absolute Gasteiger partial charge is 0.478 e. The van der Waals surface area contributed by atoms with Crippen molar-refractivity contribution in [2.75, 3.05) is 6.61 Å². The van der Waals surface area contributed by atoms with E-state index in [-0.39, 0.29) is 5.88 Å². The van der Waals surface area contributed by atoms with Gasteiger partial charge in [-0.05, 0) is 6.92 Å². The van der Waals surface area contributed by atoms with E-state index in [9.17, 15) is 13.2 Å². The summed E-state index contributed by atoms with van der Waals surface area (Å²) < 4.78 is 42.2. The average molecular weight is 194 g/mol. The Bertz CT molecular complexity index is 292. The van der Waals surface area contributed by atoms with Crippen LogP contribution in [0.1, 0.15) is 12.6 Å². The van der Waals surface area contributed by atoms with Gasteiger partial charge >= 0.3 is 6.18 Å². The van der Waals surface area contributed by atoms with E-state index in [2.05, 4.69) is 5.10 Å². The normalized spacial score (nSPS) is 11.8. The Morgan fingerprint density at radius 1 is 1.54 bits per heavy atom. The summed E-state index contributed by atoms with van der Waals surface area (Å²) in [6.07, 6.45) is -4.41. The van der Waals surface area contributed by atoms with Crippen LogP contribution in [0.5, 0.6) is 5.88 Å². The smallest absolute Gasteiger partial charge is 0.435 e. The minimum Gasteiger partial charge on any atom is -0.478 e. The second kappa shape index (κ2) is 3.27. The molecule has 0 amide bonds. The lowest BCUT2D eigenvalue weighted by atomic mass is 10.4. The molecule has 0 aliphatic carbocycles. The number of aryl methyl sites for hydroxylation is 1. The summed E-state index contributed by atoms with van der Waals surface area (Å²) in [5.74, 6) is 0.120. The van der Waals surface area contributed by atoms with Crippen LogP contribution >= 0.6 is 0 Å². The maximum absolute atomic E-state index is 12.1. The first-order valence-electron chi connectivity index (χ1n) is 3.69. The number of hydrogen-bond donors (Lipinski definition) is 0. The van der Waals surface area contributed by atoms with Crippen LogP contribution in [-0.2, 0) is 13.2 Å². The van der Waals surface area contributed by atoms with Crippen LogP contribution in [0.3, 0.4) is 0 Å². The number of aromatic nitrogens is 2. The van der Waals surface area contributed by atoms with Crippen LogP contribution in [0.2, 0.25) is 0 Å². The molecule has 0 saturated heterocycles. The molecule has 0 saturated carbocycles. The van der Waals surface area contributed by atoms with E-state index >= 15 is 0 Å². The van der Waals surface area contributed by atoms with Gasteiger partial charge in [0.2, 0.25) is 5.88 Å². The molecule has 0 aliphatic rings. The van der Waals surface area contributed by atoms with E-state index in [0.29, 0.717) is 6.61 Å². The van der Waals surface area contributed by atoms with Gasteiger partial charge in [0.15, 0.2) is 5.69 Å². The van der Waals surface area contributed by atoms with Crippen LogP contribution < -0.4 is 4.74 Å². The Kier molecular flexibility index (Phi) is 2.49. The van der Waals surface area contributed by atoms with Crippen LogP contribution in [0.4, 0.5) is 13.2 Å². The topological polar surface area (TPSA) is 27.1 Å². The van der Waals surface area contributed by atoms with Crippen LogP contribution in [0.25, 0.3) is 0 Å². The summed E-state index contributed by atoms with van der Waals surface area (Å²) in [6.45, 7) is 2.01. The Morgan fingerprint density at radius 3 is 2.54 bits per heavy atom. The highest BCUT2D eigenvalue weighted by atomic mass is 19.4. The van der Waals surface area contributed by atoms with Gasteiger partial charge in [0.05, 0.1) is 6.61 Å². The highest BCUT2D eigenvalue weighted by molar-refractivity contribution is 5.17. The van der Waals surface area contributed by atoms with Crippen molar-refractivity contribution >= 4 is 0 Å². The zero-order chi connectivity index (χ0) is 10.1. The van der Waals surface area contributed by atoms with Gasteiger partial charge in [-0.25, -0.2) is 4.68 Å². The summed E-state index contributed by atoms with van der Waals surface area (Å²) >= 11 is 0. The first kappa shape index (κ1) is 9.88. The fraction of sp³-hybridized carbons (Fsp3) is 0.571. The predicted octanol–water partition coefficient (Wildman–Crippen LogP) is 1.84. The first-order valence-corrected chi connectivity index (χ1v) is 3.69. The van der Waals surface area contributed by atoms with E-state index < -0.39 is 11.9 Å². The summed E-state index contributed by atoms with van der Waals surface area (Å²) in [5, 5.41) is 3.27. The first-order chi connectivity index (χ1) is 5.95. The molecular formula is C7H9F3N2O. The molecule has 3 nitrogen and oxygen atoms in total. The minimum absolute atomic E-state index is 0.120. The molecule has 0 N–H and O–H groups in total. The zero-order valence-electron chi connectivity index (χ0n) is 7.22. The standard InChI is InChI=1S/C7H9F3N2O/c1-3-13-6-4-5(7(8,9)10)11-12(6)2/h4H,3H2,1-2H3. The molecule has 0 spiro atoms. The van der Waals surface area contributed by atoms with E-state index in [1.54, 1.807) is 6.92 Å². The maximum atomic E-state index is 12.1. The summed E-state index contributed by atoms with van der Waals surface area (Å²) in [5.41, 5.74) is -0.932. The number of ether oxygens (including phenoxy) is 1. The van der Waals surface area contributed by atoms with E-state index in [4.69, 9.17) is 4.74 Å². The molecule has 0 radical (unpaired) electrons. The van der Waals surface area contributed by atoms with E-state index in [1.807, 2.05) is 0 Å². The van der Waals surface area contributed by atoms with Crippen molar-refractivity contribution in [1.29, 1.82) is 0 Å². The third-order valence-electron chi connectivity index (χ3n) is 1.42. The van der Waals surface area contributed by atoms with Crippen LogP contribution in [0, 0.1) is 0 Å². The van der Waals surface area contributed by atoms with Gasteiger partial charge in [-0.15, -0.1) is 0 Å². The molecule has 0 bridgehead atoms. The number of nitrogens with zero attached hydrogens (tertiary/aromatic N) is 2. The lowest BCUT2D eigenvalue weighted by Crippen LogP contribution is -2.06. The molecule has 0 aliphatic heterocycles. The van der Waals surface area contributed by atoms with Crippen molar-refractivity contribution in [2.24, 2.45) is 7.05 Å². The lowest BCUT2D eigenvalue weighted by molar-refractivity contribution is -0.141. The minimum atomic E-state index is -4.41. The Labute approximate surface area is 73.1 Å². The summed E-state index contributed by atoms with van der Waals surface area (Å²) in [7, 11) is 1.40. The third kappa shape index (κ3) is 2.13. The van der Waals surface area contributed by atoms with E-state index in [0.717, 1.165) is 10.7 Å². The molecular weight excluding hydrogens is 185 g/mol. The summed E-state index contributed by atoms with van der Waals surface area (Å²) in [4.78, 5) is 0. The average Bonchev–Trinajstić information content (AvgIpc) is 2.32. The highest BCUT2D eigenvalue weighted by Crippen LogP contribution is 2.30. The molecule has 13 heavy (non-hydrogen) atoms. The molecule has 1 rings (SSSR count). The van der Waals surface area contributed by atoms with Crippen molar-refractivity contribution in [3.8, 4) is 5.88 Å². The molecule has 0 atom stereocenters. The maximum Gasteiger partial charge on any atom is 0.435 e. The number of hydrogen-bond acceptors (Lipinski definition) is 2. The molecule has 74 valence electrons.